The molecule has 0 bridgehead atoms. The van der Waals surface area contributed by atoms with Crippen molar-refractivity contribution in [2.45, 2.75) is 11.3 Å². The molecular weight excluding hydrogens is 246 g/mol. The maximum atomic E-state index is 10.7. The number of hydrogen-bond acceptors (Lipinski definition) is 3. The molecule has 0 atom stereocenters. The highest BCUT2D eigenvalue weighted by molar-refractivity contribution is 7.99. The third-order valence-corrected chi connectivity index (χ3v) is 3.47. The molecule has 0 aliphatic carbocycles. The van der Waals surface area contributed by atoms with Crippen molar-refractivity contribution in [3.8, 4) is 0 Å². The molecule has 0 aliphatic heterocycles. The minimum atomic E-state index is -0.889. The fourth-order valence-electron chi connectivity index (χ4n) is 1.51. The number of rotatable bonds is 5. The van der Waals surface area contributed by atoms with Crippen LogP contribution in [0.4, 0.5) is 0 Å². The maximum Gasteiger partial charge on any atom is 0.335 e. The van der Waals surface area contributed by atoms with Gasteiger partial charge in [-0.15, -0.1) is 11.8 Å². The molecule has 2 aromatic rings. The first-order chi connectivity index (χ1) is 8.75. The second-order valence-electron chi connectivity index (χ2n) is 3.75. The van der Waals surface area contributed by atoms with Gasteiger partial charge in [-0.2, -0.15) is 0 Å². The van der Waals surface area contributed by atoms with Gasteiger partial charge >= 0.3 is 5.97 Å². The number of nitrogens with zero attached hydrogens (tertiary/aromatic N) is 1. The van der Waals surface area contributed by atoms with Crippen molar-refractivity contribution in [1.29, 1.82) is 0 Å². The molecule has 0 amide bonds. The number of carbonyl (C=O) groups is 1. The van der Waals surface area contributed by atoms with Crippen LogP contribution in [-0.4, -0.2) is 21.8 Å². The molecule has 0 saturated heterocycles. The molecule has 1 heterocycles. The van der Waals surface area contributed by atoms with Gasteiger partial charge < -0.3 is 5.11 Å². The van der Waals surface area contributed by atoms with Crippen molar-refractivity contribution >= 4 is 17.7 Å². The zero-order chi connectivity index (χ0) is 12.8. The zero-order valence-electron chi connectivity index (χ0n) is 9.74. The maximum absolute atomic E-state index is 10.7. The topological polar surface area (TPSA) is 50.2 Å². The van der Waals surface area contributed by atoms with E-state index in [1.807, 2.05) is 30.3 Å². The summed E-state index contributed by atoms with van der Waals surface area (Å²) >= 11 is 1.70. The second-order valence-corrected chi connectivity index (χ2v) is 4.92. The third kappa shape index (κ3) is 3.60. The van der Waals surface area contributed by atoms with Crippen molar-refractivity contribution in [2.24, 2.45) is 0 Å². The van der Waals surface area contributed by atoms with Gasteiger partial charge in [0, 0.05) is 22.5 Å². The largest absolute Gasteiger partial charge is 0.478 e. The molecule has 92 valence electrons. The summed E-state index contributed by atoms with van der Waals surface area (Å²) < 4.78 is 0. The highest BCUT2D eigenvalue weighted by Gasteiger charge is 2.02. The number of pyridine rings is 1. The van der Waals surface area contributed by atoms with Crippen LogP contribution in [0.3, 0.4) is 0 Å². The van der Waals surface area contributed by atoms with E-state index in [1.165, 1.54) is 0 Å². The number of benzene rings is 1. The Kier molecular flexibility index (Phi) is 4.36. The highest BCUT2D eigenvalue weighted by atomic mass is 32.2. The summed E-state index contributed by atoms with van der Waals surface area (Å²) in [4.78, 5) is 16.0. The van der Waals surface area contributed by atoms with Gasteiger partial charge in [0.2, 0.25) is 0 Å². The molecule has 0 unspecified atom stereocenters. The van der Waals surface area contributed by atoms with Crippen LogP contribution >= 0.6 is 11.8 Å². The average Bonchev–Trinajstić information content (AvgIpc) is 2.40. The molecule has 3 nitrogen and oxygen atoms in total. The van der Waals surface area contributed by atoms with Crippen molar-refractivity contribution < 1.29 is 9.90 Å². The molecule has 0 saturated carbocycles. The van der Waals surface area contributed by atoms with Crippen molar-refractivity contribution in [1.82, 2.24) is 4.98 Å². The van der Waals surface area contributed by atoms with Gasteiger partial charge in [-0.1, -0.05) is 6.07 Å². The van der Waals surface area contributed by atoms with Gasteiger partial charge in [0.15, 0.2) is 0 Å². The van der Waals surface area contributed by atoms with E-state index in [9.17, 15) is 4.79 Å². The highest BCUT2D eigenvalue weighted by Crippen LogP contribution is 2.19. The van der Waals surface area contributed by atoms with Crippen molar-refractivity contribution in [3.63, 3.8) is 0 Å². The van der Waals surface area contributed by atoms with Gasteiger partial charge in [0.05, 0.1) is 5.56 Å². The van der Waals surface area contributed by atoms with E-state index in [0.717, 1.165) is 22.8 Å². The fraction of sp³-hybridized carbons (Fsp3) is 0.143. The summed E-state index contributed by atoms with van der Waals surface area (Å²) in [5, 5.41) is 8.79. The normalized spacial score (nSPS) is 10.2. The number of hydrogen-bond donors (Lipinski definition) is 1. The van der Waals surface area contributed by atoms with E-state index in [-0.39, 0.29) is 0 Å². The van der Waals surface area contributed by atoms with Crippen molar-refractivity contribution in [2.75, 3.05) is 5.75 Å². The molecule has 1 aromatic carbocycles. The van der Waals surface area contributed by atoms with E-state index in [0.29, 0.717) is 5.56 Å². The molecule has 0 spiro atoms. The molecule has 1 N–H and O–H groups in total. The predicted molar refractivity (Wildman–Crippen MR) is 72.1 cm³/mol. The minimum Gasteiger partial charge on any atom is -0.478 e. The number of aromatic nitrogens is 1. The molecular formula is C14H13NO2S. The molecule has 18 heavy (non-hydrogen) atoms. The van der Waals surface area contributed by atoms with Crippen molar-refractivity contribution in [3.05, 3.63) is 59.9 Å². The Labute approximate surface area is 110 Å². The minimum absolute atomic E-state index is 0.323. The molecule has 0 fully saturated rings. The summed E-state index contributed by atoms with van der Waals surface area (Å²) in [5.41, 5.74) is 1.40. The van der Waals surface area contributed by atoms with Crippen LogP contribution in [0.5, 0.6) is 0 Å². The average molecular weight is 259 g/mol. The SMILES string of the molecule is O=C(O)c1ccc(SCCc2ccccn2)cc1. The number of aryl methyl sites for hydroxylation is 1. The van der Waals surface area contributed by atoms with Crippen LogP contribution in [0, 0.1) is 0 Å². The van der Waals surface area contributed by atoms with Crippen LogP contribution in [0.15, 0.2) is 53.6 Å². The van der Waals surface area contributed by atoms with E-state index in [2.05, 4.69) is 4.98 Å². The summed E-state index contributed by atoms with van der Waals surface area (Å²) in [5.74, 6) is 0.0451. The summed E-state index contributed by atoms with van der Waals surface area (Å²) in [6.45, 7) is 0. The van der Waals surface area contributed by atoms with Gasteiger partial charge in [-0.05, 0) is 42.8 Å². The third-order valence-electron chi connectivity index (χ3n) is 2.45. The number of carboxylic acid groups (broad SMARTS) is 1. The summed E-state index contributed by atoms with van der Waals surface area (Å²) in [7, 11) is 0. The number of thioether (sulfide) groups is 1. The molecule has 0 radical (unpaired) electrons. The van der Waals surface area contributed by atoms with Crippen LogP contribution in [0.25, 0.3) is 0 Å². The monoisotopic (exact) mass is 259 g/mol. The van der Waals surface area contributed by atoms with Crippen LogP contribution in [0.1, 0.15) is 16.1 Å². The van der Waals surface area contributed by atoms with E-state index in [4.69, 9.17) is 5.11 Å². The Bertz CT molecular complexity index is 511. The van der Waals surface area contributed by atoms with E-state index >= 15 is 0 Å². The zero-order valence-corrected chi connectivity index (χ0v) is 10.6. The van der Waals surface area contributed by atoms with Gasteiger partial charge in [-0.3, -0.25) is 4.98 Å². The van der Waals surface area contributed by atoms with Crippen LogP contribution in [0.2, 0.25) is 0 Å². The van der Waals surface area contributed by atoms with Gasteiger partial charge in [0.1, 0.15) is 0 Å². The summed E-state index contributed by atoms with van der Waals surface area (Å²) in [6, 6.07) is 12.8. The molecule has 4 heteroatoms. The van der Waals surface area contributed by atoms with Gasteiger partial charge in [-0.25, -0.2) is 4.79 Å². The Morgan fingerprint density at radius 1 is 1.17 bits per heavy atom. The standard InChI is InChI=1S/C14H13NO2S/c16-14(17)11-4-6-13(7-5-11)18-10-8-12-3-1-2-9-15-12/h1-7,9H,8,10H2,(H,16,17). The number of carboxylic acids is 1. The lowest BCUT2D eigenvalue weighted by Gasteiger charge is -2.02. The van der Waals surface area contributed by atoms with Gasteiger partial charge in [0.25, 0.3) is 0 Å². The Hall–Kier alpha value is -1.81. The lowest BCUT2D eigenvalue weighted by atomic mass is 10.2. The summed E-state index contributed by atoms with van der Waals surface area (Å²) in [6.07, 6.45) is 2.70. The fourth-order valence-corrected chi connectivity index (χ4v) is 2.39. The Morgan fingerprint density at radius 3 is 2.56 bits per heavy atom. The predicted octanol–water partition coefficient (Wildman–Crippen LogP) is 3.11. The first kappa shape index (κ1) is 12.6. The van der Waals surface area contributed by atoms with E-state index < -0.39 is 5.97 Å². The lowest BCUT2D eigenvalue weighted by Crippen LogP contribution is -1.95. The van der Waals surface area contributed by atoms with E-state index in [1.54, 1.807) is 30.1 Å². The smallest absolute Gasteiger partial charge is 0.335 e. The quantitative estimate of drug-likeness (QED) is 0.838. The van der Waals surface area contributed by atoms with Crippen LogP contribution < -0.4 is 0 Å². The first-order valence-corrected chi connectivity index (χ1v) is 6.60. The molecule has 2 rings (SSSR count). The molecule has 0 aliphatic rings. The number of aromatic carboxylic acids is 1. The molecule has 1 aromatic heterocycles. The second kappa shape index (κ2) is 6.21. The lowest BCUT2D eigenvalue weighted by molar-refractivity contribution is 0.0697. The first-order valence-electron chi connectivity index (χ1n) is 5.62. The van der Waals surface area contributed by atoms with Crippen LogP contribution in [-0.2, 0) is 6.42 Å². The Morgan fingerprint density at radius 2 is 1.94 bits per heavy atom. The Balaban J connectivity index is 1.85.